The molecule has 0 saturated heterocycles. The average molecular weight is 569 g/mol. The molecule has 0 N–H and O–H groups in total. The minimum atomic E-state index is -0.953. The molecule has 0 amide bonds. The third kappa shape index (κ3) is 7.41. The van der Waals surface area contributed by atoms with Gasteiger partial charge >= 0.3 is 9.28 Å². The van der Waals surface area contributed by atoms with Gasteiger partial charge in [-0.2, -0.15) is 0 Å². The molecule has 40 heavy (non-hydrogen) atoms. The van der Waals surface area contributed by atoms with Crippen LogP contribution in [0.1, 0.15) is 193 Å². The van der Waals surface area contributed by atoms with E-state index < -0.39 is 9.28 Å². The standard InChI is InChI=1S/C36H66N3Si/c1-7-19-31(20-8-1)37(32-21-9-2-10-22-32)40(38(33-23-11-3-12-24-33)34-25-13-4-14-26-34)39(35-27-15-5-16-28-35)36-29-17-6-18-30-36/h31-36H,1-30H2. The second kappa shape index (κ2) is 15.7. The molecule has 0 unspecified atom stereocenters. The van der Waals surface area contributed by atoms with E-state index in [1.807, 2.05) is 0 Å². The Balaban J connectivity index is 1.45. The van der Waals surface area contributed by atoms with Gasteiger partial charge in [0.25, 0.3) is 0 Å². The summed E-state index contributed by atoms with van der Waals surface area (Å²) in [6.45, 7) is 0. The van der Waals surface area contributed by atoms with Crippen molar-refractivity contribution in [2.75, 3.05) is 0 Å². The molecular weight excluding hydrogens is 503 g/mol. The minimum absolute atomic E-state index is 0.884. The monoisotopic (exact) mass is 569 g/mol. The molecule has 0 atom stereocenters. The summed E-state index contributed by atoms with van der Waals surface area (Å²) in [7, 11) is -0.953. The highest BCUT2D eigenvalue weighted by Crippen LogP contribution is 2.41. The molecular formula is C36H66N3Si. The van der Waals surface area contributed by atoms with Gasteiger partial charge in [0.2, 0.25) is 0 Å². The van der Waals surface area contributed by atoms with Gasteiger partial charge in [0.05, 0.1) is 0 Å². The fraction of sp³-hybridized carbons (Fsp3) is 1.00. The Hall–Kier alpha value is 0.0969. The Morgan fingerprint density at radius 2 is 0.375 bits per heavy atom. The van der Waals surface area contributed by atoms with E-state index >= 15 is 0 Å². The van der Waals surface area contributed by atoms with Crippen LogP contribution >= 0.6 is 0 Å². The SMILES string of the molecule is C1CCC(N(C2CCCCC2)[Si](N(C2CCCCC2)C2CCCCC2)N(C2CCCCC2)C2CCCCC2)CC1. The van der Waals surface area contributed by atoms with E-state index in [9.17, 15) is 0 Å². The molecule has 0 bridgehead atoms. The van der Waals surface area contributed by atoms with Crippen LogP contribution in [-0.2, 0) is 0 Å². The van der Waals surface area contributed by atoms with Crippen LogP contribution in [0.15, 0.2) is 0 Å². The number of hydrogen-bond acceptors (Lipinski definition) is 3. The fourth-order valence-corrected chi connectivity index (χ4v) is 14.7. The van der Waals surface area contributed by atoms with Gasteiger partial charge in [0.15, 0.2) is 0 Å². The molecule has 0 aromatic rings. The summed E-state index contributed by atoms with van der Waals surface area (Å²) in [5.41, 5.74) is 0. The third-order valence-electron chi connectivity index (χ3n) is 12.5. The first kappa shape index (κ1) is 30.1. The van der Waals surface area contributed by atoms with Crippen LogP contribution in [0.3, 0.4) is 0 Å². The predicted molar refractivity (Wildman–Crippen MR) is 173 cm³/mol. The van der Waals surface area contributed by atoms with Crippen molar-refractivity contribution in [2.24, 2.45) is 0 Å². The molecule has 3 nitrogen and oxygen atoms in total. The molecule has 6 aliphatic rings. The van der Waals surface area contributed by atoms with E-state index in [0.717, 1.165) is 36.3 Å². The highest BCUT2D eigenvalue weighted by Gasteiger charge is 2.50. The van der Waals surface area contributed by atoms with Gasteiger partial charge in [0, 0.05) is 36.3 Å². The molecule has 6 fully saturated rings. The number of rotatable bonds is 9. The number of nitrogens with zero attached hydrogens (tertiary/aromatic N) is 3. The zero-order valence-electron chi connectivity index (χ0n) is 26.5. The van der Waals surface area contributed by atoms with Crippen LogP contribution < -0.4 is 0 Å². The maximum absolute atomic E-state index is 3.47. The van der Waals surface area contributed by atoms with E-state index in [-0.39, 0.29) is 0 Å². The van der Waals surface area contributed by atoms with Crippen molar-refractivity contribution < 1.29 is 0 Å². The smallest absolute Gasteiger partial charge is 0.293 e. The molecule has 6 aliphatic carbocycles. The predicted octanol–water partition coefficient (Wildman–Crippen LogP) is 9.87. The van der Waals surface area contributed by atoms with Gasteiger partial charge in [-0.1, -0.05) is 116 Å². The lowest BCUT2D eigenvalue weighted by molar-refractivity contribution is 0.0553. The minimum Gasteiger partial charge on any atom is -0.293 e. The highest BCUT2D eigenvalue weighted by atomic mass is 28.3. The normalized spacial score (nSPS) is 28.8. The third-order valence-corrected chi connectivity index (χ3v) is 16.1. The quantitative estimate of drug-likeness (QED) is 0.256. The van der Waals surface area contributed by atoms with E-state index in [0.29, 0.717) is 0 Å². The molecule has 4 heteroatoms. The second-order valence-electron chi connectivity index (χ2n) is 15.3. The van der Waals surface area contributed by atoms with E-state index in [2.05, 4.69) is 13.7 Å². The van der Waals surface area contributed by atoms with Crippen molar-refractivity contribution in [3.8, 4) is 0 Å². The molecule has 0 aromatic carbocycles. The molecule has 6 saturated carbocycles. The maximum atomic E-state index is 3.47. The Kier molecular flexibility index (Phi) is 11.8. The van der Waals surface area contributed by atoms with Gasteiger partial charge in [0.1, 0.15) is 0 Å². The van der Waals surface area contributed by atoms with Crippen molar-refractivity contribution in [3.63, 3.8) is 0 Å². The summed E-state index contributed by atoms with van der Waals surface area (Å²) in [4.78, 5) is 0. The first-order valence-electron chi connectivity index (χ1n) is 19.1. The van der Waals surface area contributed by atoms with Gasteiger partial charge in [-0.3, -0.25) is 13.7 Å². The molecule has 229 valence electrons. The Bertz CT molecular complexity index is 546. The molecule has 0 aromatic heterocycles. The molecule has 0 spiro atoms. The van der Waals surface area contributed by atoms with Crippen molar-refractivity contribution in [3.05, 3.63) is 0 Å². The van der Waals surface area contributed by atoms with E-state index in [4.69, 9.17) is 0 Å². The van der Waals surface area contributed by atoms with Gasteiger partial charge in [-0.15, -0.1) is 0 Å². The largest absolute Gasteiger partial charge is 0.329 e. The van der Waals surface area contributed by atoms with Crippen molar-refractivity contribution in [1.82, 2.24) is 13.7 Å². The number of hydrogen-bond donors (Lipinski definition) is 0. The Labute approximate surface area is 251 Å². The lowest BCUT2D eigenvalue weighted by atomic mass is 9.90. The van der Waals surface area contributed by atoms with Crippen LogP contribution in [0.5, 0.6) is 0 Å². The summed E-state index contributed by atoms with van der Waals surface area (Å²) in [6.07, 6.45) is 45.2. The lowest BCUT2D eigenvalue weighted by Crippen LogP contribution is -2.75. The summed E-state index contributed by atoms with van der Waals surface area (Å²) < 4.78 is 10.4. The summed E-state index contributed by atoms with van der Waals surface area (Å²) >= 11 is 0. The van der Waals surface area contributed by atoms with Crippen LogP contribution in [0.4, 0.5) is 0 Å². The molecule has 0 aliphatic heterocycles. The van der Waals surface area contributed by atoms with Gasteiger partial charge < -0.3 is 0 Å². The second-order valence-corrected chi connectivity index (χ2v) is 17.4. The fourth-order valence-electron chi connectivity index (χ4n) is 10.4. The van der Waals surface area contributed by atoms with Crippen LogP contribution in [-0.4, -0.2) is 59.2 Å². The summed E-state index contributed by atoms with van der Waals surface area (Å²) in [5.74, 6) is 0. The first-order valence-corrected chi connectivity index (χ1v) is 20.5. The van der Waals surface area contributed by atoms with Gasteiger partial charge in [-0.25, -0.2) is 0 Å². The molecule has 1 radical (unpaired) electrons. The summed E-state index contributed by atoms with van der Waals surface area (Å²) in [5, 5.41) is 0. The van der Waals surface area contributed by atoms with Crippen molar-refractivity contribution in [1.29, 1.82) is 0 Å². The average Bonchev–Trinajstić information content (AvgIpc) is 3.04. The Morgan fingerprint density at radius 1 is 0.225 bits per heavy atom. The zero-order chi connectivity index (χ0) is 27.0. The van der Waals surface area contributed by atoms with Crippen molar-refractivity contribution >= 4 is 9.28 Å². The Morgan fingerprint density at radius 3 is 0.525 bits per heavy atom. The van der Waals surface area contributed by atoms with Crippen LogP contribution in [0, 0.1) is 0 Å². The summed E-state index contributed by atoms with van der Waals surface area (Å²) in [6, 6.07) is 5.31. The lowest BCUT2D eigenvalue weighted by Gasteiger charge is -2.59. The van der Waals surface area contributed by atoms with E-state index in [1.165, 1.54) is 193 Å². The van der Waals surface area contributed by atoms with Gasteiger partial charge in [-0.05, 0) is 77.0 Å². The van der Waals surface area contributed by atoms with Crippen LogP contribution in [0.25, 0.3) is 0 Å². The molecule has 6 rings (SSSR count). The van der Waals surface area contributed by atoms with Crippen LogP contribution in [0.2, 0.25) is 0 Å². The maximum Gasteiger partial charge on any atom is 0.329 e. The highest BCUT2D eigenvalue weighted by molar-refractivity contribution is 6.50. The molecule has 0 heterocycles. The zero-order valence-corrected chi connectivity index (χ0v) is 27.5. The van der Waals surface area contributed by atoms with E-state index in [1.54, 1.807) is 0 Å². The first-order chi connectivity index (χ1) is 19.9. The topological polar surface area (TPSA) is 9.72 Å². The van der Waals surface area contributed by atoms with Crippen molar-refractivity contribution in [2.45, 2.75) is 229 Å².